The Morgan fingerprint density at radius 3 is 2.68 bits per heavy atom. The summed E-state index contributed by atoms with van der Waals surface area (Å²) in [5.74, 6) is 0.388. The van der Waals surface area contributed by atoms with E-state index >= 15 is 0 Å². The van der Waals surface area contributed by atoms with E-state index in [1.165, 1.54) is 29.7 Å². The van der Waals surface area contributed by atoms with Gasteiger partial charge in [-0.15, -0.1) is 0 Å². The topological polar surface area (TPSA) is 44.9 Å². The minimum absolute atomic E-state index is 0.0453. The van der Waals surface area contributed by atoms with Gasteiger partial charge in [0.1, 0.15) is 0 Å². The first-order valence-corrected chi connectivity index (χ1v) is 10.3. The Hall–Kier alpha value is -1.33. The van der Waals surface area contributed by atoms with Crippen molar-refractivity contribution in [1.29, 1.82) is 0 Å². The van der Waals surface area contributed by atoms with Crippen molar-refractivity contribution in [2.24, 2.45) is 0 Å². The monoisotopic (exact) mass is 462 g/mol. The first-order chi connectivity index (χ1) is 12.0. The van der Waals surface area contributed by atoms with Crippen LogP contribution >= 0.6 is 31.9 Å². The molecule has 0 spiro atoms. The van der Waals surface area contributed by atoms with E-state index in [1.807, 2.05) is 18.2 Å². The summed E-state index contributed by atoms with van der Waals surface area (Å²) in [6.45, 7) is 4.46. The Kier molecular flexibility index (Phi) is 4.40. The number of fused-ring (bicyclic) bond motifs is 2. The van der Waals surface area contributed by atoms with E-state index in [0.29, 0.717) is 5.92 Å². The number of carbonyl (C=O) groups excluding carboxylic acids is 1. The summed E-state index contributed by atoms with van der Waals surface area (Å²) in [7, 11) is 0. The summed E-state index contributed by atoms with van der Waals surface area (Å²) < 4.78 is 1.85. The summed E-state index contributed by atoms with van der Waals surface area (Å²) in [5.41, 5.74) is 7.81. The molecule has 2 heterocycles. The molecule has 1 aromatic heterocycles. The molecule has 0 radical (unpaired) electrons. The number of aromatic nitrogens is 1. The zero-order valence-electron chi connectivity index (χ0n) is 14.3. The summed E-state index contributed by atoms with van der Waals surface area (Å²) in [6.07, 6.45) is 6.78. The molecule has 0 bridgehead atoms. The quantitative estimate of drug-likeness (QED) is 0.524. The molecule has 1 aromatic carbocycles. The molecule has 0 saturated carbocycles. The maximum atomic E-state index is 12.6. The number of H-pyrrole nitrogens is 1. The normalized spacial score (nSPS) is 17.8. The van der Waals surface area contributed by atoms with Crippen LogP contribution in [-0.4, -0.2) is 10.9 Å². The molecule has 1 aliphatic heterocycles. The number of hydrogen-bond donors (Lipinski definition) is 2. The number of carbonyl (C=O) groups is 1. The Bertz CT molecular complexity index is 909. The third kappa shape index (κ3) is 2.91. The molecule has 3 nitrogen and oxygen atoms in total. The lowest BCUT2D eigenvalue weighted by Crippen LogP contribution is -2.04. The van der Waals surface area contributed by atoms with Gasteiger partial charge in [-0.1, -0.05) is 29.8 Å². The molecular formula is C20H20Br2N2O. The fraction of sp³-hybridized carbons (Fsp3) is 0.350. The van der Waals surface area contributed by atoms with Crippen molar-refractivity contribution in [1.82, 2.24) is 4.98 Å². The second-order valence-electron chi connectivity index (χ2n) is 7.09. The average molecular weight is 464 g/mol. The van der Waals surface area contributed by atoms with E-state index in [-0.39, 0.29) is 5.91 Å². The number of aromatic amines is 1. The smallest absolute Gasteiger partial charge is 0.256 e. The highest BCUT2D eigenvalue weighted by molar-refractivity contribution is 9.11. The third-order valence-electron chi connectivity index (χ3n) is 5.06. The number of nitrogens with one attached hydrogen (secondary N) is 2. The van der Waals surface area contributed by atoms with Gasteiger partial charge in [0.15, 0.2) is 0 Å². The number of aryl methyl sites for hydroxylation is 1. The SMILES string of the molecule is CC(C)c1c(C=C2C(=O)Nc3c(Br)cc(Br)cc32)[nH]c2c1CCCC2. The Labute approximate surface area is 164 Å². The van der Waals surface area contributed by atoms with Gasteiger partial charge in [0.2, 0.25) is 0 Å². The van der Waals surface area contributed by atoms with Crippen LogP contribution in [0, 0.1) is 0 Å². The maximum Gasteiger partial charge on any atom is 0.256 e. The zero-order valence-corrected chi connectivity index (χ0v) is 17.5. The van der Waals surface area contributed by atoms with E-state index in [9.17, 15) is 4.79 Å². The fourth-order valence-corrected chi connectivity index (χ4v) is 5.33. The first-order valence-electron chi connectivity index (χ1n) is 8.71. The summed E-state index contributed by atoms with van der Waals surface area (Å²) in [5, 5.41) is 2.98. The summed E-state index contributed by atoms with van der Waals surface area (Å²) >= 11 is 7.07. The number of rotatable bonds is 2. The molecule has 0 fully saturated rings. The van der Waals surface area contributed by atoms with Crippen molar-refractivity contribution >= 4 is 55.1 Å². The van der Waals surface area contributed by atoms with Crippen molar-refractivity contribution in [3.63, 3.8) is 0 Å². The largest absolute Gasteiger partial charge is 0.358 e. The van der Waals surface area contributed by atoms with Gasteiger partial charge < -0.3 is 10.3 Å². The van der Waals surface area contributed by atoms with Crippen molar-refractivity contribution in [3.05, 3.63) is 49.2 Å². The standard InChI is InChI=1S/C20H20Br2N2O/c1-10(2)18-12-5-3-4-6-16(12)23-17(18)9-14-13-7-11(21)8-15(22)19(13)24-20(14)25/h7-10,23H,3-6H2,1-2H3,(H,24,25). The van der Waals surface area contributed by atoms with Crippen LogP contribution in [-0.2, 0) is 17.6 Å². The van der Waals surface area contributed by atoms with Gasteiger partial charge in [0.25, 0.3) is 5.91 Å². The van der Waals surface area contributed by atoms with Crippen LogP contribution < -0.4 is 5.32 Å². The second-order valence-corrected chi connectivity index (χ2v) is 8.86. The summed E-state index contributed by atoms with van der Waals surface area (Å²) in [4.78, 5) is 16.2. The molecule has 130 valence electrons. The highest BCUT2D eigenvalue weighted by Gasteiger charge is 2.28. The molecule has 5 heteroatoms. The highest BCUT2D eigenvalue weighted by Crippen LogP contribution is 2.41. The zero-order chi connectivity index (χ0) is 17.7. The number of anilines is 1. The molecule has 2 N–H and O–H groups in total. The average Bonchev–Trinajstić information content (AvgIpc) is 3.07. The molecule has 2 aliphatic rings. The number of hydrogen-bond acceptors (Lipinski definition) is 1. The van der Waals surface area contributed by atoms with Crippen LogP contribution in [0.3, 0.4) is 0 Å². The van der Waals surface area contributed by atoms with Crippen LogP contribution in [0.25, 0.3) is 11.6 Å². The molecule has 0 atom stereocenters. The number of benzene rings is 1. The number of halogens is 2. The van der Waals surface area contributed by atoms with Gasteiger partial charge >= 0.3 is 0 Å². The maximum absolute atomic E-state index is 12.6. The Morgan fingerprint density at radius 1 is 1.16 bits per heavy atom. The van der Waals surface area contributed by atoms with Gasteiger partial charge in [0, 0.05) is 25.9 Å². The van der Waals surface area contributed by atoms with Gasteiger partial charge in [0.05, 0.1) is 11.3 Å². The van der Waals surface area contributed by atoms with Crippen molar-refractivity contribution in [2.75, 3.05) is 5.32 Å². The molecule has 1 aliphatic carbocycles. The number of amides is 1. The van der Waals surface area contributed by atoms with Crippen LogP contribution in [0.5, 0.6) is 0 Å². The van der Waals surface area contributed by atoms with Crippen LogP contribution in [0.2, 0.25) is 0 Å². The predicted molar refractivity (Wildman–Crippen MR) is 110 cm³/mol. The van der Waals surface area contributed by atoms with Crippen LogP contribution in [0.4, 0.5) is 5.69 Å². The molecule has 1 amide bonds. The molecule has 2 aromatic rings. The van der Waals surface area contributed by atoms with Crippen molar-refractivity contribution in [3.8, 4) is 0 Å². The first kappa shape index (κ1) is 17.1. The van der Waals surface area contributed by atoms with Crippen LogP contribution in [0.15, 0.2) is 21.1 Å². The molecule has 0 saturated heterocycles. The Balaban J connectivity index is 1.88. The van der Waals surface area contributed by atoms with E-state index < -0.39 is 0 Å². The van der Waals surface area contributed by atoms with Gasteiger partial charge in [-0.05, 0) is 76.9 Å². The lowest BCUT2D eigenvalue weighted by atomic mass is 9.89. The van der Waals surface area contributed by atoms with E-state index in [0.717, 1.165) is 44.3 Å². The second kappa shape index (κ2) is 6.44. The van der Waals surface area contributed by atoms with Crippen LogP contribution in [0.1, 0.15) is 60.7 Å². The fourth-order valence-electron chi connectivity index (χ4n) is 4.01. The van der Waals surface area contributed by atoms with Crippen molar-refractivity contribution < 1.29 is 4.79 Å². The minimum atomic E-state index is -0.0453. The van der Waals surface area contributed by atoms with E-state index in [2.05, 4.69) is 56.0 Å². The molecule has 25 heavy (non-hydrogen) atoms. The van der Waals surface area contributed by atoms with Gasteiger partial charge in [-0.25, -0.2) is 0 Å². The lowest BCUT2D eigenvalue weighted by molar-refractivity contribution is -0.110. The third-order valence-corrected chi connectivity index (χ3v) is 6.15. The van der Waals surface area contributed by atoms with E-state index in [1.54, 1.807) is 0 Å². The van der Waals surface area contributed by atoms with Gasteiger partial charge in [-0.2, -0.15) is 0 Å². The molecular weight excluding hydrogens is 444 g/mol. The Morgan fingerprint density at radius 2 is 1.92 bits per heavy atom. The van der Waals surface area contributed by atoms with Crippen molar-refractivity contribution in [2.45, 2.75) is 45.4 Å². The minimum Gasteiger partial charge on any atom is -0.358 e. The highest BCUT2D eigenvalue weighted by atomic mass is 79.9. The summed E-state index contributed by atoms with van der Waals surface area (Å²) in [6, 6.07) is 3.96. The van der Waals surface area contributed by atoms with Gasteiger partial charge in [-0.3, -0.25) is 4.79 Å². The predicted octanol–water partition coefficient (Wildman–Crippen LogP) is 6.03. The molecule has 4 rings (SSSR count). The molecule has 0 unspecified atom stereocenters. The lowest BCUT2D eigenvalue weighted by Gasteiger charge is -2.14. The van der Waals surface area contributed by atoms with E-state index in [4.69, 9.17) is 0 Å².